The van der Waals surface area contributed by atoms with Crippen LogP contribution in [0.4, 0.5) is 0 Å². The van der Waals surface area contributed by atoms with Crippen LogP contribution >= 0.6 is 12.2 Å². The summed E-state index contributed by atoms with van der Waals surface area (Å²) in [5.74, 6) is 2.23. The molecule has 0 aliphatic heterocycles. The minimum Gasteiger partial charge on any atom is -0.496 e. The van der Waals surface area contributed by atoms with E-state index in [9.17, 15) is 0 Å². The molecule has 0 atom stereocenters. The van der Waals surface area contributed by atoms with Crippen molar-refractivity contribution < 1.29 is 9.47 Å². The third kappa shape index (κ3) is 4.52. The fraction of sp³-hybridized carbons (Fsp3) is 0.130. The maximum Gasteiger partial charge on any atom is 0.214 e. The standard InChI is InChI=1S/C23H22N4O2S/c1-28-21-10-6-5-9-20(21)22-25-26-23(30)27(22)24-15-17-11-13-19(14-12-17)29-16-18-7-3-2-4-8-18/h2-14,24H,15-16H2,1H3,(H,26,30). The number of rotatable bonds is 8. The van der Waals surface area contributed by atoms with E-state index in [0.29, 0.717) is 23.7 Å². The van der Waals surface area contributed by atoms with Crippen LogP contribution in [0.1, 0.15) is 11.1 Å². The van der Waals surface area contributed by atoms with Gasteiger partial charge in [0.05, 0.1) is 19.2 Å². The van der Waals surface area contributed by atoms with Crippen molar-refractivity contribution in [2.24, 2.45) is 0 Å². The van der Waals surface area contributed by atoms with Gasteiger partial charge in [-0.25, -0.2) is 9.77 Å². The van der Waals surface area contributed by atoms with Crippen LogP contribution in [0.5, 0.6) is 11.5 Å². The zero-order chi connectivity index (χ0) is 20.8. The molecule has 0 spiro atoms. The zero-order valence-corrected chi connectivity index (χ0v) is 17.4. The lowest BCUT2D eigenvalue weighted by atomic mass is 10.2. The summed E-state index contributed by atoms with van der Waals surface area (Å²) in [6.07, 6.45) is 0. The fourth-order valence-corrected chi connectivity index (χ4v) is 3.27. The highest BCUT2D eigenvalue weighted by Crippen LogP contribution is 2.27. The Kier molecular flexibility index (Phi) is 6.10. The number of methoxy groups -OCH3 is 1. The number of nitrogens with zero attached hydrogens (tertiary/aromatic N) is 2. The molecular formula is C23H22N4O2S. The van der Waals surface area contributed by atoms with Crippen molar-refractivity contribution in [1.29, 1.82) is 0 Å². The Balaban J connectivity index is 1.43. The molecule has 2 N–H and O–H groups in total. The van der Waals surface area contributed by atoms with Crippen molar-refractivity contribution in [2.75, 3.05) is 12.5 Å². The lowest BCUT2D eigenvalue weighted by molar-refractivity contribution is 0.306. The normalized spacial score (nSPS) is 10.6. The zero-order valence-electron chi connectivity index (χ0n) is 16.5. The lowest BCUT2D eigenvalue weighted by Gasteiger charge is -2.12. The molecule has 1 aromatic heterocycles. The molecule has 4 aromatic rings. The quantitative estimate of drug-likeness (QED) is 0.397. The molecule has 4 rings (SSSR count). The van der Waals surface area contributed by atoms with E-state index in [1.807, 2.05) is 78.9 Å². The monoisotopic (exact) mass is 418 g/mol. The highest BCUT2D eigenvalue weighted by atomic mass is 32.1. The maximum atomic E-state index is 5.85. The Morgan fingerprint density at radius 1 is 0.933 bits per heavy atom. The molecule has 30 heavy (non-hydrogen) atoms. The molecule has 0 radical (unpaired) electrons. The smallest absolute Gasteiger partial charge is 0.214 e. The summed E-state index contributed by atoms with van der Waals surface area (Å²) in [4.78, 5) is 0. The van der Waals surface area contributed by atoms with Gasteiger partial charge in [0.1, 0.15) is 18.1 Å². The van der Waals surface area contributed by atoms with Gasteiger partial charge in [0.25, 0.3) is 0 Å². The van der Waals surface area contributed by atoms with Crippen molar-refractivity contribution in [1.82, 2.24) is 14.9 Å². The number of hydrogen-bond donors (Lipinski definition) is 2. The van der Waals surface area contributed by atoms with E-state index in [0.717, 1.165) is 28.2 Å². The molecule has 0 amide bonds. The van der Waals surface area contributed by atoms with Gasteiger partial charge in [0.15, 0.2) is 5.82 Å². The highest BCUT2D eigenvalue weighted by molar-refractivity contribution is 7.71. The van der Waals surface area contributed by atoms with E-state index in [2.05, 4.69) is 15.6 Å². The molecule has 6 nitrogen and oxygen atoms in total. The van der Waals surface area contributed by atoms with Gasteiger partial charge >= 0.3 is 0 Å². The maximum absolute atomic E-state index is 5.85. The first-order chi connectivity index (χ1) is 14.7. The van der Waals surface area contributed by atoms with Crippen LogP contribution in [0.3, 0.4) is 0 Å². The molecule has 0 saturated carbocycles. The van der Waals surface area contributed by atoms with Crippen molar-refractivity contribution in [3.8, 4) is 22.9 Å². The van der Waals surface area contributed by atoms with E-state index >= 15 is 0 Å². The number of hydrogen-bond acceptors (Lipinski definition) is 5. The summed E-state index contributed by atoms with van der Waals surface area (Å²) >= 11 is 5.39. The first-order valence-electron chi connectivity index (χ1n) is 9.55. The highest BCUT2D eigenvalue weighted by Gasteiger charge is 2.13. The van der Waals surface area contributed by atoms with Gasteiger partial charge in [-0.15, -0.1) is 0 Å². The molecule has 0 unspecified atom stereocenters. The van der Waals surface area contributed by atoms with E-state index in [4.69, 9.17) is 21.7 Å². The van der Waals surface area contributed by atoms with Gasteiger partial charge in [0.2, 0.25) is 4.77 Å². The summed E-state index contributed by atoms with van der Waals surface area (Å²) in [7, 11) is 1.64. The predicted octanol–water partition coefficient (Wildman–Crippen LogP) is 4.94. The average Bonchev–Trinajstić information content (AvgIpc) is 3.17. The van der Waals surface area contributed by atoms with Crippen LogP contribution in [0, 0.1) is 4.77 Å². The van der Waals surface area contributed by atoms with Crippen LogP contribution in [0.2, 0.25) is 0 Å². The van der Waals surface area contributed by atoms with Crippen molar-refractivity contribution in [3.63, 3.8) is 0 Å². The number of aromatic amines is 1. The fourth-order valence-electron chi connectivity index (χ4n) is 3.07. The van der Waals surface area contributed by atoms with E-state index in [1.54, 1.807) is 11.8 Å². The van der Waals surface area contributed by atoms with Gasteiger partial charge in [-0.3, -0.25) is 0 Å². The Morgan fingerprint density at radius 2 is 1.67 bits per heavy atom. The third-order valence-electron chi connectivity index (χ3n) is 4.63. The molecule has 1 heterocycles. The Hall–Kier alpha value is -3.58. The molecule has 0 bridgehead atoms. The van der Waals surface area contributed by atoms with Crippen LogP contribution in [-0.4, -0.2) is 22.0 Å². The van der Waals surface area contributed by atoms with Crippen molar-refractivity contribution in [2.45, 2.75) is 13.2 Å². The predicted molar refractivity (Wildman–Crippen MR) is 120 cm³/mol. The number of benzene rings is 3. The van der Waals surface area contributed by atoms with E-state index in [-0.39, 0.29) is 0 Å². The summed E-state index contributed by atoms with van der Waals surface area (Å²) in [6.45, 7) is 1.12. The van der Waals surface area contributed by atoms with Gasteiger partial charge < -0.3 is 14.9 Å². The molecule has 0 aliphatic carbocycles. The second-order valence-corrected chi connectivity index (χ2v) is 7.03. The number of aromatic nitrogens is 3. The first-order valence-corrected chi connectivity index (χ1v) is 9.96. The van der Waals surface area contributed by atoms with E-state index < -0.39 is 0 Å². The molecule has 7 heteroatoms. The SMILES string of the molecule is COc1ccccc1-c1n[nH]c(=S)n1NCc1ccc(OCc2ccccc2)cc1. The van der Waals surface area contributed by atoms with Crippen molar-refractivity contribution in [3.05, 3.63) is 94.8 Å². The Morgan fingerprint density at radius 3 is 2.43 bits per heavy atom. The molecule has 0 aliphatic rings. The summed E-state index contributed by atoms with van der Waals surface area (Å²) in [5.41, 5.74) is 6.41. The first kappa shape index (κ1) is 19.7. The molecule has 152 valence electrons. The van der Waals surface area contributed by atoms with Gasteiger partial charge in [-0.2, -0.15) is 5.10 Å². The van der Waals surface area contributed by atoms with Crippen molar-refractivity contribution >= 4 is 12.2 Å². The van der Waals surface area contributed by atoms with Crippen LogP contribution < -0.4 is 14.9 Å². The second-order valence-electron chi connectivity index (χ2n) is 6.64. The van der Waals surface area contributed by atoms with Crippen LogP contribution in [0.15, 0.2) is 78.9 Å². The Bertz CT molecular complexity index is 1150. The molecule has 0 fully saturated rings. The Labute approximate surface area is 180 Å². The van der Waals surface area contributed by atoms with Crippen LogP contribution in [0.25, 0.3) is 11.4 Å². The molecular weight excluding hydrogens is 396 g/mol. The number of nitrogens with one attached hydrogen (secondary N) is 2. The largest absolute Gasteiger partial charge is 0.496 e. The van der Waals surface area contributed by atoms with Gasteiger partial charge in [-0.1, -0.05) is 54.6 Å². The average molecular weight is 419 g/mol. The minimum absolute atomic E-state index is 0.485. The van der Waals surface area contributed by atoms with Gasteiger partial charge in [0, 0.05) is 0 Å². The summed E-state index contributed by atoms with van der Waals surface area (Å²) < 4.78 is 13.5. The summed E-state index contributed by atoms with van der Waals surface area (Å²) in [5, 5.41) is 7.20. The number of ether oxygens (including phenoxy) is 2. The number of H-pyrrole nitrogens is 1. The minimum atomic E-state index is 0.485. The topological polar surface area (TPSA) is 64.1 Å². The van der Waals surface area contributed by atoms with Gasteiger partial charge in [-0.05, 0) is 47.6 Å². The second kappa shape index (κ2) is 9.28. The molecule has 0 saturated heterocycles. The summed E-state index contributed by atoms with van der Waals surface area (Å²) in [6, 6.07) is 25.8. The van der Waals surface area contributed by atoms with Crippen LogP contribution in [-0.2, 0) is 13.2 Å². The lowest BCUT2D eigenvalue weighted by Crippen LogP contribution is -2.16. The third-order valence-corrected chi connectivity index (χ3v) is 4.91. The number of para-hydroxylation sites is 1. The van der Waals surface area contributed by atoms with E-state index in [1.165, 1.54) is 0 Å². The molecule has 3 aromatic carbocycles.